The summed E-state index contributed by atoms with van der Waals surface area (Å²) in [5.41, 5.74) is 0. The Morgan fingerprint density at radius 2 is 1.21 bits per heavy atom. The van der Waals surface area contributed by atoms with E-state index in [-0.39, 0.29) is 0 Å². The van der Waals surface area contributed by atoms with Crippen LogP contribution in [0.3, 0.4) is 0 Å². The van der Waals surface area contributed by atoms with E-state index in [1.54, 1.807) is 0 Å². The quantitative estimate of drug-likeness (QED) is 0.208. The Labute approximate surface area is 77.3 Å². The van der Waals surface area contributed by atoms with E-state index >= 15 is 0 Å². The highest BCUT2D eigenvalue weighted by Crippen LogP contribution is 2.31. The van der Waals surface area contributed by atoms with Gasteiger partial charge in [0, 0.05) is 0 Å². The molecular weight excluding hydrogens is 204 g/mol. The molecular formula is C5H11O9. The van der Waals surface area contributed by atoms with Crippen molar-refractivity contribution in [3.63, 3.8) is 0 Å². The fraction of sp³-hybridized carbons (Fsp3) is 0.800. The molecule has 0 saturated carbocycles. The van der Waals surface area contributed by atoms with Crippen molar-refractivity contribution < 1.29 is 46.0 Å². The lowest BCUT2D eigenvalue weighted by atomic mass is 9.96. The first-order valence-corrected chi connectivity index (χ1v) is 3.21. The van der Waals surface area contributed by atoms with Crippen molar-refractivity contribution in [2.75, 3.05) is 6.61 Å². The SMILES string of the molecule is OCC(O)(O)C(O)(O)C(O)(O)[C](O)O. The van der Waals surface area contributed by atoms with Gasteiger partial charge in [-0.25, -0.2) is 0 Å². The molecule has 0 aromatic heterocycles. The number of hydrogen-bond donors (Lipinski definition) is 9. The van der Waals surface area contributed by atoms with E-state index in [0.29, 0.717) is 0 Å². The van der Waals surface area contributed by atoms with E-state index < -0.39 is 30.3 Å². The molecule has 85 valence electrons. The molecule has 0 aliphatic carbocycles. The molecule has 0 unspecified atom stereocenters. The Morgan fingerprint density at radius 3 is 1.43 bits per heavy atom. The van der Waals surface area contributed by atoms with Crippen LogP contribution in [0, 0.1) is 6.29 Å². The van der Waals surface area contributed by atoms with Crippen molar-refractivity contribution in [2.24, 2.45) is 0 Å². The summed E-state index contributed by atoms with van der Waals surface area (Å²) in [4.78, 5) is 0. The van der Waals surface area contributed by atoms with Crippen LogP contribution in [0.2, 0.25) is 0 Å². The summed E-state index contributed by atoms with van der Waals surface area (Å²) in [5, 5.41) is 77.0. The maximum Gasteiger partial charge on any atom is 0.286 e. The summed E-state index contributed by atoms with van der Waals surface area (Å²) < 4.78 is 0. The first-order chi connectivity index (χ1) is 6.00. The van der Waals surface area contributed by atoms with Crippen LogP contribution in [-0.2, 0) is 0 Å². The first-order valence-electron chi connectivity index (χ1n) is 3.21. The van der Waals surface area contributed by atoms with E-state index in [0.717, 1.165) is 0 Å². The van der Waals surface area contributed by atoms with E-state index in [2.05, 4.69) is 0 Å². The van der Waals surface area contributed by atoms with Crippen molar-refractivity contribution in [2.45, 2.75) is 17.4 Å². The van der Waals surface area contributed by atoms with Crippen LogP contribution >= 0.6 is 0 Å². The second kappa shape index (κ2) is 3.66. The predicted molar refractivity (Wildman–Crippen MR) is 35.7 cm³/mol. The van der Waals surface area contributed by atoms with E-state index in [9.17, 15) is 0 Å². The molecule has 0 spiro atoms. The number of aliphatic hydroxyl groups is 9. The second-order valence-electron chi connectivity index (χ2n) is 2.64. The van der Waals surface area contributed by atoms with Crippen LogP contribution in [0.4, 0.5) is 0 Å². The molecule has 0 aromatic carbocycles. The zero-order valence-corrected chi connectivity index (χ0v) is 6.73. The van der Waals surface area contributed by atoms with Crippen LogP contribution in [0.1, 0.15) is 0 Å². The van der Waals surface area contributed by atoms with Gasteiger partial charge < -0.3 is 46.0 Å². The Balaban J connectivity index is 5.14. The molecule has 0 rings (SSSR count). The van der Waals surface area contributed by atoms with Gasteiger partial charge in [0.2, 0.25) is 5.79 Å². The average molecular weight is 215 g/mol. The summed E-state index contributed by atoms with van der Waals surface area (Å²) in [6, 6.07) is 0. The Bertz CT molecular complexity index is 195. The fourth-order valence-corrected chi connectivity index (χ4v) is 0.545. The highest BCUT2D eigenvalue weighted by molar-refractivity contribution is 5.00. The van der Waals surface area contributed by atoms with Gasteiger partial charge in [0.25, 0.3) is 17.9 Å². The average Bonchev–Trinajstić information content (AvgIpc) is 2.03. The van der Waals surface area contributed by atoms with Gasteiger partial charge in [-0.3, -0.25) is 0 Å². The van der Waals surface area contributed by atoms with Crippen molar-refractivity contribution in [1.82, 2.24) is 0 Å². The summed E-state index contributed by atoms with van der Waals surface area (Å²) in [5.74, 6) is -12.1. The molecule has 9 nitrogen and oxygen atoms in total. The number of aliphatic hydroxyl groups excluding tert-OH is 2. The summed E-state index contributed by atoms with van der Waals surface area (Å²) in [7, 11) is 0. The molecule has 0 aliphatic rings. The summed E-state index contributed by atoms with van der Waals surface area (Å²) >= 11 is 0. The standard InChI is InChI=1S/C5H11O9/c6-1-3(9,10)5(13,14)4(11,12)2(7)8/h6-14H,1H2. The van der Waals surface area contributed by atoms with Crippen molar-refractivity contribution in [1.29, 1.82) is 0 Å². The molecule has 0 bridgehead atoms. The highest BCUT2D eigenvalue weighted by Gasteiger charge is 2.65. The van der Waals surface area contributed by atoms with Gasteiger partial charge in [-0.1, -0.05) is 0 Å². The molecule has 0 saturated heterocycles. The smallest absolute Gasteiger partial charge is 0.286 e. The van der Waals surface area contributed by atoms with Gasteiger partial charge in [-0.15, -0.1) is 0 Å². The van der Waals surface area contributed by atoms with E-state index in [1.165, 1.54) is 0 Å². The van der Waals surface area contributed by atoms with Gasteiger partial charge in [0.15, 0.2) is 0 Å². The third-order valence-corrected chi connectivity index (χ3v) is 1.58. The minimum Gasteiger partial charge on any atom is -0.391 e. The van der Waals surface area contributed by atoms with Crippen LogP contribution in [0.5, 0.6) is 0 Å². The Kier molecular flexibility index (Phi) is 3.56. The summed E-state index contributed by atoms with van der Waals surface area (Å²) in [6.45, 7) is -1.70. The zero-order valence-electron chi connectivity index (χ0n) is 6.73. The Morgan fingerprint density at radius 1 is 0.857 bits per heavy atom. The summed E-state index contributed by atoms with van der Waals surface area (Å²) in [6.07, 6.45) is -2.29. The third-order valence-electron chi connectivity index (χ3n) is 1.58. The van der Waals surface area contributed by atoms with Crippen molar-refractivity contribution in [3.05, 3.63) is 6.29 Å². The third kappa shape index (κ3) is 1.86. The normalized spacial score (nSPS) is 15.0. The van der Waals surface area contributed by atoms with Gasteiger partial charge in [0.1, 0.15) is 6.61 Å². The van der Waals surface area contributed by atoms with Gasteiger partial charge >= 0.3 is 0 Å². The van der Waals surface area contributed by atoms with E-state index in [1.807, 2.05) is 0 Å². The molecule has 9 heteroatoms. The molecule has 14 heavy (non-hydrogen) atoms. The lowest BCUT2D eigenvalue weighted by Crippen LogP contribution is -2.71. The van der Waals surface area contributed by atoms with Gasteiger partial charge in [0.05, 0.1) is 0 Å². The van der Waals surface area contributed by atoms with Gasteiger partial charge in [-0.2, -0.15) is 0 Å². The molecule has 0 atom stereocenters. The van der Waals surface area contributed by atoms with Gasteiger partial charge in [-0.05, 0) is 0 Å². The molecule has 0 aliphatic heterocycles. The number of rotatable bonds is 4. The number of hydrogen-bond acceptors (Lipinski definition) is 9. The second-order valence-corrected chi connectivity index (χ2v) is 2.64. The highest BCUT2D eigenvalue weighted by atomic mass is 16.7. The minimum absolute atomic E-state index is 1.70. The van der Waals surface area contributed by atoms with Crippen molar-refractivity contribution in [3.8, 4) is 0 Å². The van der Waals surface area contributed by atoms with Crippen LogP contribution in [0.25, 0.3) is 0 Å². The zero-order chi connectivity index (χ0) is 11.8. The molecule has 0 heterocycles. The first kappa shape index (κ1) is 13.6. The maximum absolute atomic E-state index is 8.80. The predicted octanol–water partition coefficient (Wildman–Crippen LogP) is -4.74. The Hall–Kier alpha value is -0.360. The van der Waals surface area contributed by atoms with Crippen LogP contribution in [-0.4, -0.2) is 69.9 Å². The van der Waals surface area contributed by atoms with Crippen LogP contribution < -0.4 is 0 Å². The maximum atomic E-state index is 8.80. The fourth-order valence-electron chi connectivity index (χ4n) is 0.545. The molecule has 0 amide bonds. The molecule has 1 radical (unpaired) electrons. The largest absolute Gasteiger partial charge is 0.391 e. The lowest BCUT2D eigenvalue weighted by molar-refractivity contribution is -0.466. The van der Waals surface area contributed by atoms with Crippen molar-refractivity contribution >= 4 is 0 Å². The van der Waals surface area contributed by atoms with E-state index in [4.69, 9.17) is 46.0 Å². The molecule has 9 N–H and O–H groups in total. The molecule has 0 aromatic rings. The monoisotopic (exact) mass is 215 g/mol. The lowest BCUT2D eigenvalue weighted by Gasteiger charge is -2.41. The minimum atomic E-state index is -4.20. The van der Waals surface area contributed by atoms with Crippen LogP contribution in [0.15, 0.2) is 0 Å². The molecule has 0 fully saturated rings. The topological polar surface area (TPSA) is 182 Å².